The molecular formula is C15H12N2O4. The summed E-state index contributed by atoms with van der Waals surface area (Å²) in [5, 5.41) is 12.4. The molecule has 1 aromatic carbocycles. The van der Waals surface area contributed by atoms with Crippen molar-refractivity contribution in [2.75, 3.05) is 5.32 Å². The number of fused-ring (bicyclic) bond motifs is 1. The van der Waals surface area contributed by atoms with Gasteiger partial charge in [-0.05, 0) is 25.1 Å². The minimum absolute atomic E-state index is 0.0584. The molecule has 1 amide bonds. The van der Waals surface area contributed by atoms with Crippen molar-refractivity contribution in [3.8, 4) is 0 Å². The summed E-state index contributed by atoms with van der Waals surface area (Å²) < 4.78 is 5.44. The molecule has 3 rings (SSSR count). The summed E-state index contributed by atoms with van der Waals surface area (Å²) in [7, 11) is 0. The highest BCUT2D eigenvalue weighted by Gasteiger charge is 2.18. The average molecular weight is 284 g/mol. The van der Waals surface area contributed by atoms with Crippen LogP contribution in [-0.4, -0.2) is 22.0 Å². The molecule has 3 N–H and O–H groups in total. The van der Waals surface area contributed by atoms with Crippen LogP contribution in [0.5, 0.6) is 0 Å². The zero-order valence-corrected chi connectivity index (χ0v) is 11.1. The normalized spacial score (nSPS) is 10.7. The van der Waals surface area contributed by atoms with Crippen molar-refractivity contribution in [1.29, 1.82) is 0 Å². The van der Waals surface area contributed by atoms with Crippen LogP contribution in [0.25, 0.3) is 11.0 Å². The van der Waals surface area contributed by atoms with E-state index in [0.717, 1.165) is 5.39 Å². The van der Waals surface area contributed by atoms with Gasteiger partial charge in [-0.15, -0.1) is 0 Å². The van der Waals surface area contributed by atoms with E-state index in [4.69, 9.17) is 9.52 Å². The fraction of sp³-hybridized carbons (Fsp3) is 0.0667. The Bertz CT molecular complexity index is 811. The molecule has 21 heavy (non-hydrogen) atoms. The lowest BCUT2D eigenvalue weighted by molar-refractivity contribution is 0.0692. The summed E-state index contributed by atoms with van der Waals surface area (Å²) in [4.78, 5) is 25.9. The van der Waals surface area contributed by atoms with Crippen molar-refractivity contribution in [3.05, 3.63) is 53.5 Å². The van der Waals surface area contributed by atoms with E-state index in [1.165, 1.54) is 0 Å². The number of hydrogen-bond donors (Lipinski definition) is 3. The first kappa shape index (κ1) is 13.0. The Balaban J connectivity index is 1.91. The van der Waals surface area contributed by atoms with Crippen molar-refractivity contribution >= 4 is 28.5 Å². The van der Waals surface area contributed by atoms with Gasteiger partial charge in [-0.2, -0.15) is 0 Å². The Hall–Kier alpha value is -3.02. The summed E-state index contributed by atoms with van der Waals surface area (Å²) in [6.45, 7) is 1.71. The van der Waals surface area contributed by atoms with Crippen LogP contribution in [0.2, 0.25) is 0 Å². The lowest BCUT2D eigenvalue weighted by Crippen LogP contribution is -2.13. The van der Waals surface area contributed by atoms with Gasteiger partial charge >= 0.3 is 5.97 Å². The van der Waals surface area contributed by atoms with Gasteiger partial charge in [0.1, 0.15) is 11.3 Å². The third kappa shape index (κ3) is 2.38. The van der Waals surface area contributed by atoms with Gasteiger partial charge in [-0.1, -0.05) is 18.2 Å². The molecule has 6 heteroatoms. The second-order valence-corrected chi connectivity index (χ2v) is 4.65. The van der Waals surface area contributed by atoms with Gasteiger partial charge in [-0.3, -0.25) is 4.79 Å². The first-order valence-electron chi connectivity index (χ1n) is 6.27. The standard InChI is InChI=1S/C15H12N2O4/c1-8-6-10(13(16-8)15(19)20)17-14(18)12-7-9-4-2-3-5-11(9)21-12/h2-7,16H,1H3,(H,17,18)(H,19,20). The molecule has 0 saturated heterocycles. The predicted octanol–water partition coefficient (Wildman–Crippen LogP) is 3.02. The molecule has 3 aromatic rings. The van der Waals surface area contributed by atoms with E-state index >= 15 is 0 Å². The largest absolute Gasteiger partial charge is 0.477 e. The first-order chi connectivity index (χ1) is 10.0. The Labute approximate surface area is 119 Å². The number of rotatable bonds is 3. The monoisotopic (exact) mass is 284 g/mol. The number of benzene rings is 1. The number of carboxylic acids is 1. The van der Waals surface area contributed by atoms with Crippen molar-refractivity contribution in [2.24, 2.45) is 0 Å². The average Bonchev–Trinajstić information content (AvgIpc) is 3.02. The number of para-hydroxylation sites is 1. The molecule has 2 heterocycles. The number of hydrogen-bond acceptors (Lipinski definition) is 3. The van der Waals surface area contributed by atoms with Gasteiger partial charge in [0.25, 0.3) is 5.91 Å². The number of aromatic carboxylic acids is 1. The minimum Gasteiger partial charge on any atom is -0.477 e. The van der Waals surface area contributed by atoms with Gasteiger partial charge in [0.2, 0.25) is 0 Å². The zero-order valence-electron chi connectivity index (χ0n) is 11.1. The molecular weight excluding hydrogens is 272 g/mol. The summed E-state index contributed by atoms with van der Waals surface area (Å²) in [5.74, 6) is -1.50. The Morgan fingerprint density at radius 3 is 2.71 bits per heavy atom. The van der Waals surface area contributed by atoms with E-state index in [2.05, 4.69) is 10.3 Å². The summed E-state index contributed by atoms with van der Waals surface area (Å²) in [6, 6.07) is 10.4. The van der Waals surface area contributed by atoms with Crippen molar-refractivity contribution < 1.29 is 19.1 Å². The van der Waals surface area contributed by atoms with Gasteiger partial charge in [0.05, 0.1) is 5.69 Å². The van der Waals surface area contributed by atoms with Crippen LogP contribution >= 0.6 is 0 Å². The molecule has 0 spiro atoms. The third-order valence-electron chi connectivity index (χ3n) is 3.06. The molecule has 0 aliphatic heterocycles. The molecule has 2 aromatic heterocycles. The number of aryl methyl sites for hydroxylation is 1. The highest BCUT2D eigenvalue weighted by Crippen LogP contribution is 2.22. The number of nitrogens with one attached hydrogen (secondary N) is 2. The van der Waals surface area contributed by atoms with Crippen LogP contribution in [0.3, 0.4) is 0 Å². The van der Waals surface area contributed by atoms with Crippen LogP contribution in [0.4, 0.5) is 5.69 Å². The predicted molar refractivity (Wildman–Crippen MR) is 76.7 cm³/mol. The number of anilines is 1. The Morgan fingerprint density at radius 2 is 2.00 bits per heavy atom. The van der Waals surface area contributed by atoms with Crippen molar-refractivity contribution in [2.45, 2.75) is 6.92 Å². The molecule has 6 nitrogen and oxygen atoms in total. The molecule has 0 radical (unpaired) electrons. The maximum Gasteiger partial charge on any atom is 0.354 e. The Kier molecular flexibility index (Phi) is 2.98. The maximum atomic E-state index is 12.2. The quantitative estimate of drug-likeness (QED) is 0.689. The summed E-state index contributed by atoms with van der Waals surface area (Å²) in [5.41, 5.74) is 1.40. The maximum absolute atomic E-state index is 12.2. The number of aromatic nitrogens is 1. The first-order valence-corrected chi connectivity index (χ1v) is 6.27. The van der Waals surface area contributed by atoms with Crippen molar-refractivity contribution in [1.82, 2.24) is 4.98 Å². The number of aromatic amines is 1. The number of carbonyl (C=O) groups is 2. The minimum atomic E-state index is -1.14. The smallest absolute Gasteiger partial charge is 0.354 e. The van der Waals surface area contributed by atoms with E-state index in [0.29, 0.717) is 11.3 Å². The fourth-order valence-electron chi connectivity index (χ4n) is 2.13. The van der Waals surface area contributed by atoms with E-state index in [-0.39, 0.29) is 17.1 Å². The highest BCUT2D eigenvalue weighted by molar-refractivity contribution is 6.07. The summed E-state index contributed by atoms with van der Waals surface area (Å²) in [6.07, 6.45) is 0. The van der Waals surface area contributed by atoms with Gasteiger partial charge in [-0.25, -0.2) is 4.79 Å². The van der Waals surface area contributed by atoms with Crippen LogP contribution in [-0.2, 0) is 0 Å². The summed E-state index contributed by atoms with van der Waals surface area (Å²) >= 11 is 0. The van der Waals surface area contributed by atoms with Gasteiger partial charge in [0, 0.05) is 11.1 Å². The highest BCUT2D eigenvalue weighted by atomic mass is 16.4. The second kappa shape index (κ2) is 4.82. The number of carboxylic acid groups (broad SMARTS) is 1. The molecule has 0 unspecified atom stereocenters. The molecule has 106 valence electrons. The van der Waals surface area contributed by atoms with Crippen LogP contribution in [0, 0.1) is 6.92 Å². The molecule has 0 bridgehead atoms. The molecule has 0 aliphatic carbocycles. The number of furan rings is 1. The van der Waals surface area contributed by atoms with Crippen molar-refractivity contribution in [3.63, 3.8) is 0 Å². The van der Waals surface area contributed by atoms with Gasteiger partial charge < -0.3 is 19.8 Å². The third-order valence-corrected chi connectivity index (χ3v) is 3.06. The van der Waals surface area contributed by atoms with Crippen LogP contribution in [0.15, 0.2) is 40.8 Å². The fourth-order valence-corrected chi connectivity index (χ4v) is 2.13. The van der Waals surface area contributed by atoms with E-state index < -0.39 is 11.9 Å². The SMILES string of the molecule is Cc1cc(NC(=O)c2cc3ccccc3o2)c(C(=O)O)[nH]1. The van der Waals surface area contributed by atoms with Gasteiger partial charge in [0.15, 0.2) is 5.76 Å². The lowest BCUT2D eigenvalue weighted by atomic mass is 10.2. The lowest BCUT2D eigenvalue weighted by Gasteiger charge is -2.01. The zero-order chi connectivity index (χ0) is 15.0. The van der Waals surface area contributed by atoms with E-state index in [9.17, 15) is 9.59 Å². The van der Waals surface area contributed by atoms with E-state index in [1.807, 2.05) is 18.2 Å². The topological polar surface area (TPSA) is 95.3 Å². The molecule has 0 aliphatic rings. The Morgan fingerprint density at radius 1 is 1.24 bits per heavy atom. The number of amides is 1. The number of H-pyrrole nitrogens is 1. The second-order valence-electron chi connectivity index (χ2n) is 4.65. The van der Waals surface area contributed by atoms with Crippen LogP contribution in [0.1, 0.15) is 26.7 Å². The van der Waals surface area contributed by atoms with Crippen LogP contribution < -0.4 is 5.32 Å². The number of carbonyl (C=O) groups excluding carboxylic acids is 1. The molecule has 0 atom stereocenters. The van der Waals surface area contributed by atoms with E-state index in [1.54, 1.807) is 25.1 Å². The molecule has 0 saturated carbocycles. The molecule has 0 fully saturated rings.